The van der Waals surface area contributed by atoms with Crippen molar-refractivity contribution >= 4 is 11.8 Å². The maximum atomic E-state index is 12.2. The summed E-state index contributed by atoms with van der Waals surface area (Å²) in [5.74, 6) is -0.611. The van der Waals surface area contributed by atoms with Gasteiger partial charge in [-0.05, 0) is 32.1 Å². The fourth-order valence-corrected chi connectivity index (χ4v) is 3.55. The van der Waals surface area contributed by atoms with Crippen molar-refractivity contribution in [2.24, 2.45) is 11.8 Å². The zero-order chi connectivity index (χ0) is 21.0. The number of carbonyl (C=O) groups excluding carboxylic acids is 2. The first-order chi connectivity index (χ1) is 13.4. The van der Waals surface area contributed by atoms with Gasteiger partial charge < -0.3 is 14.9 Å². The molecule has 0 spiro atoms. The Kier molecular flexibility index (Phi) is 11.0. The lowest BCUT2D eigenvalue weighted by atomic mass is 9.88. The molecule has 1 aliphatic rings. The first-order valence-electron chi connectivity index (χ1n) is 10.3. The summed E-state index contributed by atoms with van der Waals surface area (Å²) in [6.45, 7) is 5.81. The highest BCUT2D eigenvalue weighted by Crippen LogP contribution is 2.34. The van der Waals surface area contributed by atoms with Gasteiger partial charge in [-0.1, -0.05) is 50.1 Å². The van der Waals surface area contributed by atoms with E-state index in [-0.39, 0.29) is 30.0 Å². The van der Waals surface area contributed by atoms with Gasteiger partial charge in [0.05, 0.1) is 18.8 Å². The molecule has 0 aromatic heterocycles. The highest BCUT2D eigenvalue weighted by Gasteiger charge is 2.39. The normalized spacial score (nSPS) is 24.7. The van der Waals surface area contributed by atoms with E-state index in [0.29, 0.717) is 32.1 Å². The molecule has 0 unspecified atom stereocenters. The minimum Gasteiger partial charge on any atom is -0.469 e. The molecule has 0 radical (unpaired) electrons. The number of allylic oxidation sites excluding steroid dienone is 2. The molecule has 0 saturated heterocycles. The molecule has 158 valence electrons. The zero-order valence-electron chi connectivity index (χ0n) is 17.3. The van der Waals surface area contributed by atoms with Crippen LogP contribution >= 0.6 is 0 Å². The molecule has 0 aliphatic heterocycles. The van der Waals surface area contributed by atoms with Crippen LogP contribution in [0.15, 0.2) is 37.0 Å². The smallest absolute Gasteiger partial charge is 0.305 e. The molecule has 0 amide bonds. The van der Waals surface area contributed by atoms with Crippen molar-refractivity contribution in [2.45, 2.75) is 76.4 Å². The largest absolute Gasteiger partial charge is 0.469 e. The van der Waals surface area contributed by atoms with Crippen LogP contribution in [0.4, 0.5) is 0 Å². The molecule has 5 heteroatoms. The molecule has 1 saturated carbocycles. The minimum atomic E-state index is -0.935. The molecule has 5 nitrogen and oxygen atoms in total. The second kappa shape index (κ2) is 12.7. The van der Waals surface area contributed by atoms with E-state index in [1.807, 2.05) is 24.3 Å². The van der Waals surface area contributed by atoms with Crippen molar-refractivity contribution in [3.63, 3.8) is 0 Å². The average molecular weight is 393 g/mol. The van der Waals surface area contributed by atoms with Crippen LogP contribution in [0.25, 0.3) is 0 Å². The maximum absolute atomic E-state index is 12.2. The Morgan fingerprint density at radius 2 is 2.07 bits per heavy atom. The molecule has 1 rings (SSSR count). The van der Waals surface area contributed by atoms with Gasteiger partial charge in [-0.25, -0.2) is 0 Å². The summed E-state index contributed by atoms with van der Waals surface area (Å²) >= 11 is 0. The number of rotatable bonds is 13. The fraction of sp³-hybridized carbons (Fsp3) is 0.652. The topological polar surface area (TPSA) is 83.8 Å². The van der Waals surface area contributed by atoms with E-state index in [1.165, 1.54) is 7.11 Å². The second-order valence-corrected chi connectivity index (χ2v) is 7.64. The van der Waals surface area contributed by atoms with Crippen LogP contribution in [-0.2, 0) is 14.3 Å². The molecule has 1 aliphatic carbocycles. The lowest BCUT2D eigenvalue weighted by Gasteiger charge is -2.23. The highest BCUT2D eigenvalue weighted by atomic mass is 16.5. The number of ketones is 1. The summed E-state index contributed by atoms with van der Waals surface area (Å²) in [5.41, 5.74) is -0.935. The van der Waals surface area contributed by atoms with Crippen LogP contribution in [0.5, 0.6) is 0 Å². The predicted octanol–water partition coefficient (Wildman–Crippen LogP) is 3.90. The van der Waals surface area contributed by atoms with Crippen molar-refractivity contribution in [2.75, 3.05) is 7.11 Å². The summed E-state index contributed by atoms with van der Waals surface area (Å²) in [6.07, 6.45) is 14.2. The number of aliphatic hydroxyl groups excluding tert-OH is 1. The van der Waals surface area contributed by atoms with Gasteiger partial charge in [0.1, 0.15) is 5.78 Å². The van der Waals surface area contributed by atoms with E-state index in [1.54, 1.807) is 6.08 Å². The van der Waals surface area contributed by atoms with Gasteiger partial charge in [-0.15, -0.1) is 6.58 Å². The third-order valence-corrected chi connectivity index (χ3v) is 5.44. The van der Waals surface area contributed by atoms with E-state index in [4.69, 9.17) is 0 Å². The summed E-state index contributed by atoms with van der Waals surface area (Å²) in [7, 11) is 1.38. The van der Waals surface area contributed by atoms with Crippen molar-refractivity contribution in [3.8, 4) is 0 Å². The molecule has 1 fully saturated rings. The van der Waals surface area contributed by atoms with E-state index in [9.17, 15) is 19.8 Å². The van der Waals surface area contributed by atoms with E-state index in [2.05, 4.69) is 18.2 Å². The predicted molar refractivity (Wildman–Crippen MR) is 111 cm³/mol. The number of Topliss-reactive ketones (excluding diaryl/α,β-unsaturated/α-hetero) is 1. The molecule has 0 aromatic carbocycles. The van der Waals surface area contributed by atoms with Crippen LogP contribution in [0.1, 0.15) is 64.7 Å². The summed E-state index contributed by atoms with van der Waals surface area (Å²) in [5, 5.41) is 20.8. The molecular weight excluding hydrogens is 356 g/mol. The minimum absolute atomic E-state index is 0.0753. The summed E-state index contributed by atoms with van der Waals surface area (Å²) in [4.78, 5) is 23.3. The Morgan fingerprint density at radius 1 is 1.32 bits per heavy atom. The third kappa shape index (κ3) is 8.11. The van der Waals surface area contributed by atoms with Crippen LogP contribution in [-0.4, -0.2) is 40.8 Å². The van der Waals surface area contributed by atoms with E-state index in [0.717, 1.165) is 19.3 Å². The number of unbranched alkanes of at least 4 members (excludes halogenated alkanes) is 2. The van der Waals surface area contributed by atoms with E-state index < -0.39 is 11.7 Å². The molecule has 28 heavy (non-hydrogen) atoms. The van der Waals surface area contributed by atoms with E-state index >= 15 is 0 Å². The number of hydrogen-bond acceptors (Lipinski definition) is 5. The quantitative estimate of drug-likeness (QED) is 0.282. The standard InChI is InChI=1S/C23H36O5/c1-4-6-15-23(27,5-2)16-11-13-19-18(20(24)17-21(19)25)12-9-7-8-10-14-22(26)28-3/h5,7,9,11,13,18-19,21,25,27H,2,4,6,8,10,12,14-17H2,1,3H3/b9-7-,13-11+/t18-,19-,21-,23-/m1/s1. The zero-order valence-corrected chi connectivity index (χ0v) is 17.3. The van der Waals surface area contributed by atoms with Crippen LogP contribution in [0, 0.1) is 11.8 Å². The van der Waals surface area contributed by atoms with Crippen LogP contribution in [0.3, 0.4) is 0 Å². The molecule has 0 bridgehead atoms. The molecule has 0 heterocycles. The van der Waals surface area contributed by atoms with Gasteiger partial charge in [-0.2, -0.15) is 0 Å². The lowest BCUT2D eigenvalue weighted by Crippen LogP contribution is -2.25. The van der Waals surface area contributed by atoms with Gasteiger partial charge in [0.25, 0.3) is 0 Å². The molecule has 0 aromatic rings. The highest BCUT2D eigenvalue weighted by molar-refractivity contribution is 5.84. The fourth-order valence-electron chi connectivity index (χ4n) is 3.55. The Bertz CT molecular complexity index is 565. The number of aliphatic hydroxyl groups is 2. The number of carbonyl (C=O) groups is 2. The Balaban J connectivity index is 2.57. The first kappa shape index (κ1) is 24.3. The van der Waals surface area contributed by atoms with Crippen molar-refractivity contribution in [1.82, 2.24) is 0 Å². The molecule has 4 atom stereocenters. The monoisotopic (exact) mass is 392 g/mol. The average Bonchev–Trinajstić information content (AvgIpc) is 2.95. The van der Waals surface area contributed by atoms with Crippen LogP contribution in [0.2, 0.25) is 0 Å². The van der Waals surface area contributed by atoms with Gasteiger partial charge >= 0.3 is 5.97 Å². The van der Waals surface area contributed by atoms with Crippen molar-refractivity contribution in [3.05, 3.63) is 37.0 Å². The van der Waals surface area contributed by atoms with Gasteiger partial charge in [-0.3, -0.25) is 9.59 Å². The SMILES string of the molecule is C=C[C@](O)(C/C=C/[C@H]1[C@H](O)CC(=O)[C@@H]1C/C=C\CCCC(=O)OC)CCCC. The van der Waals surface area contributed by atoms with Gasteiger partial charge in [0, 0.05) is 24.7 Å². The van der Waals surface area contributed by atoms with Gasteiger partial charge in [0.15, 0.2) is 0 Å². The van der Waals surface area contributed by atoms with Crippen molar-refractivity contribution < 1.29 is 24.5 Å². The summed E-state index contributed by atoms with van der Waals surface area (Å²) < 4.78 is 4.60. The van der Waals surface area contributed by atoms with Gasteiger partial charge in [0.2, 0.25) is 0 Å². The Morgan fingerprint density at radius 3 is 2.71 bits per heavy atom. The maximum Gasteiger partial charge on any atom is 0.305 e. The number of hydrogen-bond donors (Lipinski definition) is 2. The molecule has 2 N–H and O–H groups in total. The number of methoxy groups -OCH3 is 1. The Hall–Kier alpha value is -1.72. The van der Waals surface area contributed by atoms with Crippen molar-refractivity contribution in [1.29, 1.82) is 0 Å². The Labute approximate surface area is 169 Å². The summed E-state index contributed by atoms with van der Waals surface area (Å²) in [6, 6.07) is 0. The van der Waals surface area contributed by atoms with Crippen LogP contribution < -0.4 is 0 Å². The lowest BCUT2D eigenvalue weighted by molar-refractivity contribution is -0.140. The second-order valence-electron chi connectivity index (χ2n) is 7.64. The third-order valence-electron chi connectivity index (χ3n) is 5.44. The molecular formula is C23H36O5. The first-order valence-corrected chi connectivity index (χ1v) is 10.3. The number of esters is 1. The number of ether oxygens (including phenoxy) is 1.